The minimum atomic E-state index is -1.04. The summed E-state index contributed by atoms with van der Waals surface area (Å²) in [7, 11) is 0. The van der Waals surface area contributed by atoms with Crippen LogP contribution in [0.4, 0.5) is 10.5 Å². The van der Waals surface area contributed by atoms with Crippen LogP contribution in [0.1, 0.15) is 18.9 Å². The Morgan fingerprint density at radius 1 is 1.00 bits per heavy atom. The highest BCUT2D eigenvalue weighted by Gasteiger charge is 2.47. The molecular weight excluding hydrogens is 460 g/mol. The standard InChI is InChI=1S/C27H24N4O3S/c1-27(16-15-18-7-3-2-4-8-18)25(33)31(26(34)30-27)17-23(32)28-20-13-11-19(12-14-20)24-29-21-9-5-6-10-22(21)35-24/h2-14H,15-17H2,1H3,(H,28,32)(H,30,34). The second-order valence-corrected chi connectivity index (χ2v) is 9.78. The van der Waals surface area contributed by atoms with Gasteiger partial charge in [0.2, 0.25) is 5.91 Å². The van der Waals surface area contributed by atoms with E-state index in [2.05, 4.69) is 15.6 Å². The molecule has 1 atom stereocenters. The number of carbonyl (C=O) groups excluding carboxylic acids is 3. The lowest BCUT2D eigenvalue weighted by Crippen LogP contribution is -2.45. The van der Waals surface area contributed by atoms with Crippen LogP contribution in [-0.4, -0.2) is 39.8 Å². The van der Waals surface area contributed by atoms with Crippen LogP contribution >= 0.6 is 11.3 Å². The van der Waals surface area contributed by atoms with Gasteiger partial charge in [0.05, 0.1) is 10.2 Å². The molecule has 1 fully saturated rings. The molecule has 2 N–H and O–H groups in total. The molecule has 0 saturated carbocycles. The molecule has 4 aromatic rings. The first-order valence-corrected chi connectivity index (χ1v) is 12.2. The number of hydrogen-bond donors (Lipinski definition) is 2. The number of carbonyl (C=O) groups is 3. The van der Waals surface area contributed by atoms with Crippen molar-refractivity contribution in [3.63, 3.8) is 0 Å². The van der Waals surface area contributed by atoms with E-state index < -0.39 is 17.5 Å². The molecule has 1 unspecified atom stereocenters. The molecule has 0 radical (unpaired) electrons. The van der Waals surface area contributed by atoms with Crippen LogP contribution in [0.5, 0.6) is 0 Å². The number of para-hydroxylation sites is 1. The maximum Gasteiger partial charge on any atom is 0.325 e. The summed E-state index contributed by atoms with van der Waals surface area (Å²) in [4.78, 5) is 43.7. The number of aromatic nitrogens is 1. The molecule has 35 heavy (non-hydrogen) atoms. The van der Waals surface area contributed by atoms with Crippen molar-refractivity contribution in [1.29, 1.82) is 0 Å². The van der Waals surface area contributed by atoms with E-state index >= 15 is 0 Å². The van der Waals surface area contributed by atoms with Crippen LogP contribution < -0.4 is 10.6 Å². The molecule has 8 heteroatoms. The number of hydrogen-bond acceptors (Lipinski definition) is 5. The van der Waals surface area contributed by atoms with Gasteiger partial charge in [-0.2, -0.15) is 0 Å². The molecular formula is C27H24N4O3S. The zero-order valence-electron chi connectivity index (χ0n) is 19.2. The third kappa shape index (κ3) is 4.79. The Kier molecular flexibility index (Phi) is 6.05. The fourth-order valence-corrected chi connectivity index (χ4v) is 5.11. The van der Waals surface area contributed by atoms with Crippen LogP contribution in [0.25, 0.3) is 20.8 Å². The van der Waals surface area contributed by atoms with Crippen molar-refractivity contribution in [2.75, 3.05) is 11.9 Å². The van der Waals surface area contributed by atoms with Gasteiger partial charge >= 0.3 is 6.03 Å². The van der Waals surface area contributed by atoms with Crippen molar-refractivity contribution in [2.45, 2.75) is 25.3 Å². The summed E-state index contributed by atoms with van der Waals surface area (Å²) in [6, 6.07) is 24.5. The molecule has 1 aliphatic heterocycles. The predicted octanol–water partition coefficient (Wildman–Crippen LogP) is 4.85. The fraction of sp³-hybridized carbons (Fsp3) is 0.185. The van der Waals surface area contributed by atoms with Crippen molar-refractivity contribution >= 4 is 45.1 Å². The summed E-state index contributed by atoms with van der Waals surface area (Å²) < 4.78 is 1.12. The quantitative estimate of drug-likeness (QED) is 0.367. The van der Waals surface area contributed by atoms with E-state index in [-0.39, 0.29) is 12.5 Å². The molecule has 2 heterocycles. The number of imide groups is 1. The molecule has 5 rings (SSSR count). The Morgan fingerprint density at radius 2 is 1.71 bits per heavy atom. The highest BCUT2D eigenvalue weighted by molar-refractivity contribution is 7.21. The number of fused-ring (bicyclic) bond motifs is 1. The van der Waals surface area contributed by atoms with E-state index in [9.17, 15) is 14.4 Å². The maximum absolute atomic E-state index is 13.0. The van der Waals surface area contributed by atoms with Gasteiger partial charge in [-0.25, -0.2) is 9.78 Å². The number of nitrogens with zero attached hydrogens (tertiary/aromatic N) is 2. The SMILES string of the molecule is CC1(CCc2ccccc2)NC(=O)N(CC(=O)Nc2ccc(-c3nc4ccccc4s3)cc2)C1=O. The van der Waals surface area contributed by atoms with E-state index in [1.807, 2.05) is 66.7 Å². The second-order valence-electron chi connectivity index (χ2n) is 8.75. The lowest BCUT2D eigenvalue weighted by Gasteiger charge is -2.21. The number of nitrogens with one attached hydrogen (secondary N) is 2. The van der Waals surface area contributed by atoms with Gasteiger partial charge in [-0.05, 0) is 61.7 Å². The molecule has 3 aromatic carbocycles. The summed E-state index contributed by atoms with van der Waals surface area (Å²) in [5, 5.41) is 6.43. The van der Waals surface area contributed by atoms with Gasteiger partial charge in [-0.1, -0.05) is 42.5 Å². The monoisotopic (exact) mass is 484 g/mol. The van der Waals surface area contributed by atoms with Gasteiger partial charge in [-0.15, -0.1) is 11.3 Å². The maximum atomic E-state index is 13.0. The van der Waals surface area contributed by atoms with Gasteiger partial charge in [0.25, 0.3) is 5.91 Å². The first kappa shape index (κ1) is 22.7. The molecule has 1 aliphatic rings. The molecule has 1 saturated heterocycles. The largest absolute Gasteiger partial charge is 0.325 e. The normalized spacial score (nSPS) is 17.6. The molecule has 0 spiro atoms. The van der Waals surface area contributed by atoms with Crippen LogP contribution in [-0.2, 0) is 16.0 Å². The molecule has 0 bridgehead atoms. The topological polar surface area (TPSA) is 91.4 Å². The smallest absolute Gasteiger partial charge is 0.325 e. The zero-order chi connectivity index (χ0) is 24.4. The first-order chi connectivity index (χ1) is 16.9. The van der Waals surface area contributed by atoms with Crippen molar-refractivity contribution in [3.05, 3.63) is 84.4 Å². The molecule has 176 valence electrons. The lowest BCUT2D eigenvalue weighted by atomic mass is 9.93. The lowest BCUT2D eigenvalue weighted by molar-refractivity contribution is -0.133. The van der Waals surface area contributed by atoms with Crippen molar-refractivity contribution in [3.8, 4) is 10.6 Å². The van der Waals surface area contributed by atoms with E-state index in [0.29, 0.717) is 18.5 Å². The summed E-state index contributed by atoms with van der Waals surface area (Å²) in [6.07, 6.45) is 1.09. The van der Waals surface area contributed by atoms with Gasteiger partial charge in [0.1, 0.15) is 17.1 Å². The number of benzene rings is 3. The number of urea groups is 1. The summed E-state index contributed by atoms with van der Waals surface area (Å²) in [5.74, 6) is -0.826. The Hall–Kier alpha value is -4.04. The summed E-state index contributed by atoms with van der Waals surface area (Å²) in [5.41, 5.74) is 2.54. The number of amides is 4. The third-order valence-corrected chi connectivity index (χ3v) is 7.20. The fourth-order valence-electron chi connectivity index (χ4n) is 4.14. The first-order valence-electron chi connectivity index (χ1n) is 11.4. The third-order valence-electron chi connectivity index (χ3n) is 6.11. The highest BCUT2D eigenvalue weighted by Crippen LogP contribution is 2.30. The van der Waals surface area contributed by atoms with E-state index in [4.69, 9.17) is 0 Å². The van der Waals surface area contributed by atoms with Crippen LogP contribution in [0.15, 0.2) is 78.9 Å². The molecule has 7 nitrogen and oxygen atoms in total. The number of rotatable bonds is 7. The molecule has 0 aliphatic carbocycles. The molecule has 1 aromatic heterocycles. The highest BCUT2D eigenvalue weighted by atomic mass is 32.1. The van der Waals surface area contributed by atoms with Crippen LogP contribution in [0, 0.1) is 0 Å². The van der Waals surface area contributed by atoms with E-state index in [1.165, 1.54) is 0 Å². The predicted molar refractivity (Wildman–Crippen MR) is 137 cm³/mol. The average molecular weight is 485 g/mol. The van der Waals surface area contributed by atoms with Gasteiger partial charge in [0.15, 0.2) is 0 Å². The summed E-state index contributed by atoms with van der Waals surface area (Å²) in [6.45, 7) is 1.36. The molecule has 4 amide bonds. The zero-order valence-corrected chi connectivity index (χ0v) is 20.0. The summed E-state index contributed by atoms with van der Waals surface area (Å²) >= 11 is 1.61. The Bertz CT molecular complexity index is 1370. The number of thiazole rings is 1. The Labute approximate surface area is 206 Å². The van der Waals surface area contributed by atoms with Gasteiger partial charge in [-0.3, -0.25) is 14.5 Å². The number of anilines is 1. The number of aryl methyl sites for hydroxylation is 1. The average Bonchev–Trinajstić information content (AvgIpc) is 3.39. The minimum absolute atomic E-state index is 0.342. The van der Waals surface area contributed by atoms with Crippen LogP contribution in [0.2, 0.25) is 0 Å². The minimum Gasteiger partial charge on any atom is -0.325 e. The van der Waals surface area contributed by atoms with Crippen molar-refractivity contribution in [2.24, 2.45) is 0 Å². The van der Waals surface area contributed by atoms with Gasteiger partial charge in [0, 0.05) is 11.3 Å². The van der Waals surface area contributed by atoms with E-state index in [0.717, 1.165) is 31.3 Å². The second kappa shape index (κ2) is 9.31. The Balaban J connectivity index is 1.20. The van der Waals surface area contributed by atoms with Crippen molar-refractivity contribution < 1.29 is 14.4 Å². The van der Waals surface area contributed by atoms with Crippen molar-refractivity contribution in [1.82, 2.24) is 15.2 Å². The van der Waals surface area contributed by atoms with Gasteiger partial charge < -0.3 is 10.6 Å². The van der Waals surface area contributed by atoms with Crippen LogP contribution in [0.3, 0.4) is 0 Å². The van der Waals surface area contributed by atoms with E-state index in [1.54, 1.807) is 30.4 Å². The Morgan fingerprint density at radius 3 is 2.46 bits per heavy atom.